The van der Waals surface area contributed by atoms with E-state index in [4.69, 9.17) is 5.84 Å². The SMILES string of the molecule is NN=CCNC(=O)Cc1ccccc1. The van der Waals surface area contributed by atoms with Gasteiger partial charge in [-0.3, -0.25) is 4.79 Å². The van der Waals surface area contributed by atoms with Crippen LogP contribution in [0.4, 0.5) is 0 Å². The number of nitrogens with two attached hydrogens (primary N) is 1. The number of hydrogen-bond donors (Lipinski definition) is 2. The van der Waals surface area contributed by atoms with Gasteiger partial charge in [-0.25, -0.2) is 0 Å². The Morgan fingerprint density at radius 2 is 2.14 bits per heavy atom. The van der Waals surface area contributed by atoms with Gasteiger partial charge in [0.15, 0.2) is 0 Å². The van der Waals surface area contributed by atoms with Crippen LogP contribution in [0.15, 0.2) is 35.4 Å². The molecule has 0 aliphatic carbocycles. The number of carbonyl (C=O) groups excluding carboxylic acids is 1. The second-order valence-electron chi connectivity index (χ2n) is 2.80. The molecule has 0 saturated carbocycles. The molecule has 1 rings (SSSR count). The number of carbonyl (C=O) groups is 1. The summed E-state index contributed by atoms with van der Waals surface area (Å²) in [5.74, 6) is 4.85. The third-order valence-corrected chi connectivity index (χ3v) is 1.70. The summed E-state index contributed by atoms with van der Waals surface area (Å²) in [5, 5.41) is 5.94. The van der Waals surface area contributed by atoms with E-state index in [1.807, 2.05) is 30.3 Å². The summed E-state index contributed by atoms with van der Waals surface area (Å²) in [6, 6.07) is 9.56. The van der Waals surface area contributed by atoms with Crippen LogP contribution >= 0.6 is 0 Å². The molecule has 14 heavy (non-hydrogen) atoms. The lowest BCUT2D eigenvalue weighted by Gasteiger charge is -2.01. The highest BCUT2D eigenvalue weighted by Gasteiger charge is 2.00. The smallest absolute Gasteiger partial charge is 0.224 e. The van der Waals surface area contributed by atoms with Gasteiger partial charge in [-0.2, -0.15) is 5.10 Å². The van der Waals surface area contributed by atoms with E-state index in [0.29, 0.717) is 13.0 Å². The highest BCUT2D eigenvalue weighted by atomic mass is 16.1. The first-order valence-corrected chi connectivity index (χ1v) is 4.35. The number of hydrogen-bond acceptors (Lipinski definition) is 3. The Kier molecular flexibility index (Phi) is 4.20. The van der Waals surface area contributed by atoms with Gasteiger partial charge in [0.1, 0.15) is 0 Å². The molecule has 0 spiro atoms. The Morgan fingerprint density at radius 3 is 2.79 bits per heavy atom. The Morgan fingerprint density at radius 1 is 1.43 bits per heavy atom. The molecule has 0 atom stereocenters. The first-order valence-electron chi connectivity index (χ1n) is 4.35. The van der Waals surface area contributed by atoms with E-state index < -0.39 is 0 Å². The van der Waals surface area contributed by atoms with E-state index in [2.05, 4.69) is 10.4 Å². The lowest BCUT2D eigenvalue weighted by atomic mass is 10.1. The van der Waals surface area contributed by atoms with Crippen LogP contribution in [0.3, 0.4) is 0 Å². The minimum atomic E-state index is -0.0314. The number of nitrogens with zero attached hydrogens (tertiary/aromatic N) is 1. The zero-order chi connectivity index (χ0) is 10.2. The summed E-state index contributed by atoms with van der Waals surface area (Å²) in [7, 11) is 0. The van der Waals surface area contributed by atoms with Crippen molar-refractivity contribution < 1.29 is 4.79 Å². The second kappa shape index (κ2) is 5.75. The molecule has 1 aromatic rings. The van der Waals surface area contributed by atoms with Crippen molar-refractivity contribution >= 4 is 12.1 Å². The van der Waals surface area contributed by atoms with Gasteiger partial charge >= 0.3 is 0 Å². The summed E-state index contributed by atoms with van der Waals surface area (Å²) in [5.41, 5.74) is 0.995. The van der Waals surface area contributed by atoms with Gasteiger partial charge in [-0.05, 0) is 5.56 Å². The van der Waals surface area contributed by atoms with Gasteiger partial charge in [0, 0.05) is 6.21 Å². The minimum Gasteiger partial charge on any atom is -0.351 e. The molecule has 0 aliphatic heterocycles. The van der Waals surface area contributed by atoms with Gasteiger partial charge in [-0.1, -0.05) is 30.3 Å². The fourth-order valence-electron chi connectivity index (χ4n) is 1.06. The summed E-state index contributed by atoms with van der Waals surface area (Å²) >= 11 is 0. The quantitative estimate of drug-likeness (QED) is 0.408. The minimum absolute atomic E-state index is 0.0314. The van der Waals surface area contributed by atoms with Gasteiger partial charge < -0.3 is 11.2 Å². The van der Waals surface area contributed by atoms with Crippen LogP contribution in [0.25, 0.3) is 0 Å². The van der Waals surface area contributed by atoms with Gasteiger partial charge in [0.25, 0.3) is 0 Å². The Balaban J connectivity index is 2.34. The van der Waals surface area contributed by atoms with Crippen molar-refractivity contribution in [3.8, 4) is 0 Å². The summed E-state index contributed by atoms with van der Waals surface area (Å²) in [6.07, 6.45) is 1.84. The van der Waals surface area contributed by atoms with Crippen LogP contribution in [0.2, 0.25) is 0 Å². The zero-order valence-electron chi connectivity index (χ0n) is 7.81. The molecule has 0 aliphatic rings. The molecule has 74 valence electrons. The molecular weight excluding hydrogens is 178 g/mol. The van der Waals surface area contributed by atoms with E-state index in [1.165, 1.54) is 6.21 Å². The first kappa shape index (κ1) is 10.2. The predicted molar refractivity (Wildman–Crippen MR) is 55.8 cm³/mol. The Labute approximate surface area is 82.8 Å². The maximum atomic E-state index is 11.3. The molecule has 0 fully saturated rings. The molecule has 4 nitrogen and oxygen atoms in total. The number of amides is 1. The van der Waals surface area contributed by atoms with Crippen LogP contribution in [0.5, 0.6) is 0 Å². The first-order chi connectivity index (χ1) is 6.83. The lowest BCUT2D eigenvalue weighted by Crippen LogP contribution is -2.26. The summed E-state index contributed by atoms with van der Waals surface area (Å²) in [4.78, 5) is 11.3. The van der Waals surface area contributed by atoms with Crippen LogP contribution in [0.1, 0.15) is 5.56 Å². The molecule has 3 N–H and O–H groups in total. The highest BCUT2D eigenvalue weighted by molar-refractivity contribution is 5.80. The van der Waals surface area contributed by atoms with E-state index in [9.17, 15) is 4.79 Å². The maximum Gasteiger partial charge on any atom is 0.224 e. The van der Waals surface area contributed by atoms with Crippen molar-refractivity contribution in [2.45, 2.75) is 6.42 Å². The van der Waals surface area contributed by atoms with Crippen molar-refractivity contribution in [3.63, 3.8) is 0 Å². The molecule has 1 aromatic carbocycles. The predicted octanol–water partition coefficient (Wildman–Crippen LogP) is 0.290. The molecule has 0 radical (unpaired) electrons. The number of benzene rings is 1. The topological polar surface area (TPSA) is 67.5 Å². The van der Waals surface area contributed by atoms with Gasteiger partial charge in [-0.15, -0.1) is 0 Å². The second-order valence-corrected chi connectivity index (χ2v) is 2.80. The van der Waals surface area contributed by atoms with E-state index in [-0.39, 0.29) is 5.91 Å². The highest BCUT2D eigenvalue weighted by Crippen LogP contribution is 1.98. The number of rotatable bonds is 4. The fraction of sp³-hybridized carbons (Fsp3) is 0.200. The summed E-state index contributed by atoms with van der Waals surface area (Å²) in [6.45, 7) is 0.377. The average Bonchev–Trinajstić information content (AvgIpc) is 2.20. The van der Waals surface area contributed by atoms with Crippen LogP contribution in [-0.2, 0) is 11.2 Å². The normalized spacial score (nSPS) is 10.3. The standard InChI is InChI=1S/C10H13N3O/c11-13-7-6-12-10(14)8-9-4-2-1-3-5-9/h1-5,7H,6,8,11H2,(H,12,14). The summed E-state index contributed by atoms with van der Waals surface area (Å²) < 4.78 is 0. The van der Waals surface area contributed by atoms with E-state index in [1.54, 1.807) is 0 Å². The lowest BCUT2D eigenvalue weighted by molar-refractivity contribution is -0.120. The molecule has 0 bridgehead atoms. The molecule has 0 aromatic heterocycles. The molecule has 0 heterocycles. The largest absolute Gasteiger partial charge is 0.351 e. The molecule has 4 heteroatoms. The average molecular weight is 191 g/mol. The fourth-order valence-corrected chi connectivity index (χ4v) is 1.06. The van der Waals surface area contributed by atoms with Gasteiger partial charge in [0.05, 0.1) is 13.0 Å². The zero-order valence-corrected chi connectivity index (χ0v) is 7.81. The van der Waals surface area contributed by atoms with Gasteiger partial charge in [0.2, 0.25) is 5.91 Å². The number of hydrazone groups is 1. The van der Waals surface area contributed by atoms with E-state index >= 15 is 0 Å². The maximum absolute atomic E-state index is 11.3. The van der Waals surface area contributed by atoms with Crippen molar-refractivity contribution in [2.75, 3.05) is 6.54 Å². The molecule has 0 unspecified atom stereocenters. The Bertz CT molecular complexity index is 308. The van der Waals surface area contributed by atoms with Crippen LogP contribution in [0, 0.1) is 0 Å². The van der Waals surface area contributed by atoms with Crippen molar-refractivity contribution in [1.29, 1.82) is 0 Å². The van der Waals surface area contributed by atoms with Crippen molar-refractivity contribution in [1.82, 2.24) is 5.32 Å². The molecule has 0 saturated heterocycles. The van der Waals surface area contributed by atoms with E-state index in [0.717, 1.165) is 5.56 Å². The number of nitrogens with one attached hydrogen (secondary N) is 1. The van der Waals surface area contributed by atoms with Crippen LogP contribution < -0.4 is 11.2 Å². The molecular formula is C10H13N3O. The third-order valence-electron chi connectivity index (χ3n) is 1.70. The van der Waals surface area contributed by atoms with Crippen LogP contribution in [-0.4, -0.2) is 18.7 Å². The monoisotopic (exact) mass is 191 g/mol. The third kappa shape index (κ3) is 3.71. The van der Waals surface area contributed by atoms with Crippen molar-refractivity contribution in [3.05, 3.63) is 35.9 Å². The molecule has 1 amide bonds. The van der Waals surface area contributed by atoms with Crippen molar-refractivity contribution in [2.24, 2.45) is 10.9 Å². The Hall–Kier alpha value is -1.84.